The fourth-order valence-electron chi connectivity index (χ4n) is 3.48. The highest BCUT2D eigenvalue weighted by Crippen LogP contribution is 2.35. The molecule has 0 aliphatic carbocycles. The summed E-state index contributed by atoms with van der Waals surface area (Å²) in [6.45, 7) is 4.62. The number of carbonyl (C=O) groups excluding carboxylic acids is 1. The van der Waals surface area contributed by atoms with E-state index >= 15 is 0 Å². The summed E-state index contributed by atoms with van der Waals surface area (Å²) >= 11 is 3.56. The zero-order chi connectivity index (χ0) is 19.8. The van der Waals surface area contributed by atoms with Crippen LogP contribution < -0.4 is 10.1 Å². The first kappa shape index (κ1) is 20.6. The van der Waals surface area contributed by atoms with Crippen LogP contribution in [0.15, 0.2) is 59.1 Å². The molecule has 0 atom stereocenters. The van der Waals surface area contributed by atoms with Gasteiger partial charge in [0, 0.05) is 35.7 Å². The third-order valence-electron chi connectivity index (χ3n) is 5.11. The highest BCUT2D eigenvalue weighted by molar-refractivity contribution is 9.10. The Labute approximate surface area is 175 Å². The normalized spacial score (nSPS) is 16.1. The van der Waals surface area contributed by atoms with Gasteiger partial charge in [0.1, 0.15) is 5.75 Å². The third-order valence-corrected chi connectivity index (χ3v) is 5.60. The van der Waals surface area contributed by atoms with Gasteiger partial charge in [0.15, 0.2) is 0 Å². The number of carbonyl (C=O) groups is 1. The van der Waals surface area contributed by atoms with Gasteiger partial charge >= 0.3 is 0 Å². The highest BCUT2D eigenvalue weighted by Gasteiger charge is 2.34. The van der Waals surface area contributed by atoms with Gasteiger partial charge in [-0.2, -0.15) is 0 Å². The molecule has 1 heterocycles. The molecule has 2 aromatic carbocycles. The van der Waals surface area contributed by atoms with Crippen molar-refractivity contribution in [3.8, 4) is 5.75 Å². The monoisotopic (exact) mass is 443 g/mol. The summed E-state index contributed by atoms with van der Waals surface area (Å²) < 4.78 is 12.1. The maximum atomic E-state index is 12.4. The van der Waals surface area contributed by atoms with E-state index in [1.54, 1.807) is 6.08 Å². The molecular formula is C23H26BrNO3. The lowest BCUT2D eigenvalue weighted by Gasteiger charge is -2.38. The Bertz CT molecular complexity index is 811. The first-order chi connectivity index (χ1) is 13.6. The molecule has 1 fully saturated rings. The van der Waals surface area contributed by atoms with E-state index < -0.39 is 0 Å². The molecule has 1 aliphatic rings. The van der Waals surface area contributed by atoms with E-state index in [0.29, 0.717) is 26.4 Å². The number of rotatable bonds is 7. The Morgan fingerprint density at radius 2 is 1.96 bits per heavy atom. The molecule has 1 N–H and O–H groups in total. The predicted octanol–water partition coefficient (Wildman–Crippen LogP) is 4.73. The number of amides is 1. The van der Waals surface area contributed by atoms with Crippen molar-refractivity contribution in [3.63, 3.8) is 0 Å². The Kier molecular flexibility index (Phi) is 7.29. The number of hydrogen-bond donors (Lipinski definition) is 1. The molecule has 1 amide bonds. The fraction of sp³-hybridized carbons (Fsp3) is 0.348. The van der Waals surface area contributed by atoms with Crippen molar-refractivity contribution in [2.75, 3.05) is 26.4 Å². The second-order valence-corrected chi connectivity index (χ2v) is 7.87. The molecule has 4 nitrogen and oxygen atoms in total. The second kappa shape index (κ2) is 9.89. The molecule has 1 saturated heterocycles. The van der Waals surface area contributed by atoms with Crippen LogP contribution in [-0.2, 0) is 14.9 Å². The molecule has 5 heteroatoms. The van der Waals surface area contributed by atoms with E-state index in [-0.39, 0.29) is 11.3 Å². The zero-order valence-corrected chi connectivity index (χ0v) is 17.7. The summed E-state index contributed by atoms with van der Waals surface area (Å²) in [4.78, 5) is 12.4. The Balaban J connectivity index is 1.63. The van der Waals surface area contributed by atoms with Gasteiger partial charge in [-0.15, -0.1) is 0 Å². The van der Waals surface area contributed by atoms with E-state index in [9.17, 15) is 4.79 Å². The quantitative estimate of drug-likeness (QED) is 0.629. The summed E-state index contributed by atoms with van der Waals surface area (Å²) in [5, 5.41) is 3.09. The van der Waals surface area contributed by atoms with Crippen LogP contribution in [0.25, 0.3) is 6.08 Å². The molecule has 0 saturated carbocycles. The lowest BCUT2D eigenvalue weighted by Crippen LogP contribution is -2.44. The van der Waals surface area contributed by atoms with E-state index in [1.165, 1.54) is 5.56 Å². The minimum atomic E-state index is -0.0926. The van der Waals surface area contributed by atoms with Gasteiger partial charge in [0.05, 0.1) is 6.61 Å². The molecule has 1 aliphatic heterocycles. The molecule has 2 aromatic rings. The minimum absolute atomic E-state index is 0.0882. The zero-order valence-electron chi connectivity index (χ0n) is 16.1. The molecule has 0 radical (unpaired) electrons. The maximum Gasteiger partial charge on any atom is 0.244 e. The first-order valence-corrected chi connectivity index (χ1v) is 10.4. The van der Waals surface area contributed by atoms with Crippen LogP contribution in [0.5, 0.6) is 5.75 Å². The highest BCUT2D eigenvalue weighted by atomic mass is 79.9. The van der Waals surface area contributed by atoms with Crippen molar-refractivity contribution in [3.05, 3.63) is 70.2 Å². The molecule has 0 bridgehead atoms. The van der Waals surface area contributed by atoms with Crippen LogP contribution in [-0.4, -0.2) is 32.3 Å². The average molecular weight is 444 g/mol. The van der Waals surface area contributed by atoms with Crippen molar-refractivity contribution in [2.45, 2.75) is 25.2 Å². The molecule has 148 valence electrons. The van der Waals surface area contributed by atoms with Crippen LogP contribution in [0.4, 0.5) is 0 Å². The van der Waals surface area contributed by atoms with Gasteiger partial charge in [0.25, 0.3) is 0 Å². The predicted molar refractivity (Wildman–Crippen MR) is 116 cm³/mol. The van der Waals surface area contributed by atoms with Gasteiger partial charge in [0.2, 0.25) is 5.91 Å². The summed E-state index contributed by atoms with van der Waals surface area (Å²) in [5.74, 6) is 0.745. The van der Waals surface area contributed by atoms with Crippen molar-refractivity contribution in [2.24, 2.45) is 0 Å². The minimum Gasteiger partial charge on any atom is -0.494 e. The van der Waals surface area contributed by atoms with Crippen LogP contribution >= 0.6 is 15.9 Å². The van der Waals surface area contributed by atoms with Crippen molar-refractivity contribution >= 4 is 27.9 Å². The van der Waals surface area contributed by atoms with E-state index in [1.807, 2.05) is 49.4 Å². The number of hydrogen-bond acceptors (Lipinski definition) is 3. The Hall–Kier alpha value is -2.11. The fourth-order valence-corrected chi connectivity index (χ4v) is 3.88. The maximum absolute atomic E-state index is 12.4. The van der Waals surface area contributed by atoms with Crippen LogP contribution in [0.1, 0.15) is 30.9 Å². The third kappa shape index (κ3) is 5.46. The lowest BCUT2D eigenvalue weighted by atomic mass is 9.74. The Morgan fingerprint density at radius 1 is 1.21 bits per heavy atom. The van der Waals surface area contributed by atoms with E-state index in [2.05, 4.69) is 33.4 Å². The first-order valence-electron chi connectivity index (χ1n) is 9.64. The summed E-state index contributed by atoms with van der Waals surface area (Å²) in [6, 6.07) is 16.0. The van der Waals surface area contributed by atoms with Crippen LogP contribution in [0.2, 0.25) is 0 Å². The van der Waals surface area contributed by atoms with Crippen LogP contribution in [0.3, 0.4) is 0 Å². The molecule has 0 spiro atoms. The molecular weight excluding hydrogens is 418 g/mol. The van der Waals surface area contributed by atoms with E-state index in [0.717, 1.165) is 28.6 Å². The largest absolute Gasteiger partial charge is 0.494 e. The summed E-state index contributed by atoms with van der Waals surface area (Å²) in [5.41, 5.74) is 2.11. The van der Waals surface area contributed by atoms with Gasteiger partial charge in [-0.25, -0.2) is 0 Å². The summed E-state index contributed by atoms with van der Waals surface area (Å²) in [7, 11) is 0. The molecule has 0 unspecified atom stereocenters. The SMILES string of the molecule is CCOc1ccc(/C=C/C(=O)NCC2(c3cccc(Br)c3)CCOCC2)cc1. The molecule has 28 heavy (non-hydrogen) atoms. The van der Waals surface area contributed by atoms with Crippen molar-refractivity contribution < 1.29 is 14.3 Å². The van der Waals surface area contributed by atoms with Crippen LogP contribution in [0, 0.1) is 0 Å². The van der Waals surface area contributed by atoms with Gasteiger partial charge in [-0.3, -0.25) is 4.79 Å². The second-order valence-electron chi connectivity index (χ2n) is 6.96. The van der Waals surface area contributed by atoms with Gasteiger partial charge < -0.3 is 14.8 Å². The van der Waals surface area contributed by atoms with Crippen molar-refractivity contribution in [1.29, 1.82) is 0 Å². The molecule has 3 rings (SSSR count). The number of halogens is 1. The Morgan fingerprint density at radius 3 is 2.64 bits per heavy atom. The standard InChI is InChI=1S/C23H26BrNO3/c1-2-28-21-9-6-18(7-10-21)8-11-22(26)25-17-23(12-14-27-15-13-23)19-4-3-5-20(24)16-19/h3-11,16H,2,12-15,17H2,1H3,(H,25,26)/b11-8+. The van der Waals surface area contributed by atoms with Crippen molar-refractivity contribution in [1.82, 2.24) is 5.32 Å². The topological polar surface area (TPSA) is 47.6 Å². The number of nitrogens with one attached hydrogen (secondary N) is 1. The molecule has 0 aromatic heterocycles. The summed E-state index contributed by atoms with van der Waals surface area (Å²) in [6.07, 6.45) is 5.20. The smallest absolute Gasteiger partial charge is 0.244 e. The lowest BCUT2D eigenvalue weighted by molar-refractivity contribution is -0.116. The number of ether oxygens (including phenoxy) is 2. The van der Waals surface area contributed by atoms with Gasteiger partial charge in [-0.05, 0) is 61.2 Å². The van der Waals surface area contributed by atoms with Gasteiger partial charge in [-0.1, -0.05) is 40.2 Å². The van der Waals surface area contributed by atoms with E-state index in [4.69, 9.17) is 9.47 Å². The number of benzene rings is 2. The average Bonchev–Trinajstić information content (AvgIpc) is 2.73.